The molecular weight excluding hydrogens is 330 g/mol. The van der Waals surface area contributed by atoms with Crippen LogP contribution in [0.3, 0.4) is 0 Å². The molecule has 1 amide bonds. The molecule has 1 saturated carbocycles. The average Bonchev–Trinajstić information content (AvgIpc) is 2.92. The van der Waals surface area contributed by atoms with Gasteiger partial charge in [-0.15, -0.1) is 0 Å². The molecule has 0 aromatic heterocycles. The Labute approximate surface area is 154 Å². The van der Waals surface area contributed by atoms with Crippen molar-refractivity contribution in [1.82, 2.24) is 4.90 Å². The molecule has 26 heavy (non-hydrogen) atoms. The summed E-state index contributed by atoms with van der Waals surface area (Å²) in [5.74, 6) is 0.121. The maximum atomic E-state index is 13.2. The van der Waals surface area contributed by atoms with E-state index in [1.54, 1.807) is 18.1 Å². The second-order valence-electron chi connectivity index (χ2n) is 6.75. The van der Waals surface area contributed by atoms with Gasteiger partial charge < -0.3 is 14.4 Å². The molecule has 1 aromatic rings. The lowest BCUT2D eigenvalue weighted by molar-refractivity contribution is -0.136. The molecule has 1 fully saturated rings. The number of hydrogen-bond acceptors (Lipinski definition) is 4. The summed E-state index contributed by atoms with van der Waals surface area (Å²) in [6.45, 7) is 1.84. The second-order valence-corrected chi connectivity index (χ2v) is 6.75. The number of ether oxygens (including phenoxy) is 2. The van der Waals surface area contributed by atoms with Gasteiger partial charge in [-0.3, -0.25) is 4.79 Å². The lowest BCUT2D eigenvalue weighted by atomic mass is 9.94. The van der Waals surface area contributed by atoms with E-state index in [-0.39, 0.29) is 11.9 Å². The first-order valence-electron chi connectivity index (χ1n) is 9.05. The molecule has 1 heterocycles. The Bertz CT molecular complexity index is 772. The standard InChI is InChI=1S/C21H25NO4/c1-14-19(21(24)26-3)18(13-15-8-7-11-17(12-15)25-2)20(23)22(14)16-9-5-4-6-10-16/h7-8,11-13,16H,4-6,9-10H2,1-3H3/b18-13-. The van der Waals surface area contributed by atoms with E-state index in [2.05, 4.69) is 0 Å². The predicted octanol–water partition coefficient (Wildman–Crippen LogP) is 3.70. The minimum Gasteiger partial charge on any atom is -0.497 e. The van der Waals surface area contributed by atoms with E-state index in [4.69, 9.17) is 9.47 Å². The van der Waals surface area contributed by atoms with E-state index in [1.807, 2.05) is 31.2 Å². The summed E-state index contributed by atoms with van der Waals surface area (Å²) >= 11 is 0. The van der Waals surface area contributed by atoms with E-state index in [0.29, 0.717) is 22.6 Å². The minimum absolute atomic E-state index is 0.113. The maximum absolute atomic E-state index is 13.2. The van der Waals surface area contributed by atoms with Gasteiger partial charge in [0.1, 0.15) is 5.75 Å². The first kappa shape index (κ1) is 18.2. The van der Waals surface area contributed by atoms with Crippen molar-refractivity contribution in [2.75, 3.05) is 14.2 Å². The molecule has 0 saturated heterocycles. The number of allylic oxidation sites excluding steroid dienone is 1. The van der Waals surface area contributed by atoms with Gasteiger partial charge in [-0.1, -0.05) is 31.4 Å². The van der Waals surface area contributed by atoms with Crippen molar-refractivity contribution >= 4 is 18.0 Å². The Morgan fingerprint density at radius 3 is 2.58 bits per heavy atom. The lowest BCUT2D eigenvalue weighted by Crippen LogP contribution is -2.37. The highest BCUT2D eigenvalue weighted by atomic mass is 16.5. The molecule has 0 spiro atoms. The predicted molar refractivity (Wildman–Crippen MR) is 99.4 cm³/mol. The quantitative estimate of drug-likeness (QED) is 0.610. The van der Waals surface area contributed by atoms with Crippen LogP contribution < -0.4 is 4.74 Å². The first-order valence-corrected chi connectivity index (χ1v) is 9.05. The molecule has 0 N–H and O–H groups in total. The highest BCUT2D eigenvalue weighted by molar-refractivity contribution is 6.16. The zero-order valence-corrected chi connectivity index (χ0v) is 15.6. The molecule has 1 aliphatic carbocycles. The van der Waals surface area contributed by atoms with Crippen LogP contribution in [0.1, 0.15) is 44.6 Å². The van der Waals surface area contributed by atoms with Crippen LogP contribution in [-0.2, 0) is 14.3 Å². The van der Waals surface area contributed by atoms with Gasteiger partial charge in [0.05, 0.1) is 25.4 Å². The van der Waals surface area contributed by atoms with E-state index >= 15 is 0 Å². The van der Waals surface area contributed by atoms with Crippen molar-refractivity contribution in [2.45, 2.75) is 45.1 Å². The van der Waals surface area contributed by atoms with Gasteiger partial charge in [-0.25, -0.2) is 4.79 Å². The Kier molecular flexibility index (Phi) is 5.45. The summed E-state index contributed by atoms with van der Waals surface area (Å²) in [5.41, 5.74) is 2.27. The number of esters is 1. The third-order valence-electron chi connectivity index (χ3n) is 5.18. The molecule has 1 aliphatic heterocycles. The first-order chi connectivity index (χ1) is 12.6. The van der Waals surface area contributed by atoms with Gasteiger partial charge in [-0.05, 0) is 43.5 Å². The fraction of sp³-hybridized carbons (Fsp3) is 0.429. The van der Waals surface area contributed by atoms with Gasteiger partial charge in [0.2, 0.25) is 0 Å². The van der Waals surface area contributed by atoms with Gasteiger partial charge >= 0.3 is 5.97 Å². The molecule has 0 atom stereocenters. The summed E-state index contributed by atoms with van der Waals surface area (Å²) in [4.78, 5) is 27.4. The fourth-order valence-electron chi connectivity index (χ4n) is 3.87. The van der Waals surface area contributed by atoms with Crippen molar-refractivity contribution in [3.8, 4) is 5.75 Å². The average molecular weight is 355 g/mol. The largest absolute Gasteiger partial charge is 0.497 e. The zero-order valence-electron chi connectivity index (χ0n) is 15.6. The van der Waals surface area contributed by atoms with Crippen molar-refractivity contribution < 1.29 is 19.1 Å². The van der Waals surface area contributed by atoms with E-state index in [0.717, 1.165) is 31.2 Å². The normalized spacial score (nSPS) is 20.0. The Balaban J connectivity index is 2.03. The molecule has 5 heteroatoms. The number of amides is 1. The minimum atomic E-state index is -0.469. The Morgan fingerprint density at radius 1 is 1.19 bits per heavy atom. The van der Waals surface area contributed by atoms with Crippen LogP contribution in [0.4, 0.5) is 0 Å². The van der Waals surface area contributed by atoms with E-state index in [9.17, 15) is 9.59 Å². The highest BCUT2D eigenvalue weighted by Crippen LogP contribution is 2.37. The Hall–Kier alpha value is -2.56. The maximum Gasteiger partial charge on any atom is 0.340 e. The highest BCUT2D eigenvalue weighted by Gasteiger charge is 2.40. The number of nitrogens with zero attached hydrogens (tertiary/aromatic N) is 1. The summed E-state index contributed by atoms with van der Waals surface area (Å²) in [6, 6.07) is 7.59. The molecular formula is C21H25NO4. The molecule has 1 aromatic carbocycles. The van der Waals surface area contributed by atoms with Crippen LogP contribution in [0, 0.1) is 0 Å². The SMILES string of the molecule is COC(=O)C1=C(C)N(C2CCCCC2)C(=O)/C1=C\c1cccc(OC)c1. The van der Waals surface area contributed by atoms with Crippen LogP contribution in [0.2, 0.25) is 0 Å². The van der Waals surface area contributed by atoms with Crippen molar-refractivity contribution in [1.29, 1.82) is 0 Å². The number of benzene rings is 1. The summed E-state index contributed by atoms with van der Waals surface area (Å²) < 4.78 is 10.2. The lowest BCUT2D eigenvalue weighted by Gasteiger charge is -2.32. The smallest absolute Gasteiger partial charge is 0.340 e. The molecule has 3 rings (SSSR count). The number of carbonyl (C=O) groups is 2. The molecule has 0 radical (unpaired) electrons. The van der Waals surface area contributed by atoms with Gasteiger partial charge in [0.15, 0.2) is 0 Å². The molecule has 138 valence electrons. The Morgan fingerprint density at radius 2 is 1.92 bits per heavy atom. The van der Waals surface area contributed by atoms with Gasteiger partial charge in [-0.2, -0.15) is 0 Å². The number of carbonyl (C=O) groups excluding carboxylic acids is 2. The summed E-state index contributed by atoms with van der Waals surface area (Å²) in [5, 5.41) is 0. The molecule has 5 nitrogen and oxygen atoms in total. The number of hydrogen-bond donors (Lipinski definition) is 0. The van der Waals surface area contributed by atoms with Crippen molar-refractivity contribution in [3.63, 3.8) is 0 Å². The molecule has 0 unspecified atom stereocenters. The van der Waals surface area contributed by atoms with Crippen molar-refractivity contribution in [2.24, 2.45) is 0 Å². The van der Waals surface area contributed by atoms with Crippen molar-refractivity contribution in [3.05, 3.63) is 46.7 Å². The molecule has 0 bridgehead atoms. The fourth-order valence-corrected chi connectivity index (χ4v) is 3.87. The van der Waals surface area contributed by atoms with E-state index < -0.39 is 5.97 Å². The third-order valence-corrected chi connectivity index (χ3v) is 5.18. The van der Waals surface area contributed by atoms with Gasteiger partial charge in [0, 0.05) is 11.7 Å². The monoisotopic (exact) mass is 355 g/mol. The van der Waals surface area contributed by atoms with E-state index in [1.165, 1.54) is 13.5 Å². The van der Waals surface area contributed by atoms with Crippen LogP contribution >= 0.6 is 0 Å². The van der Waals surface area contributed by atoms with Gasteiger partial charge in [0.25, 0.3) is 5.91 Å². The molecule has 2 aliphatic rings. The topological polar surface area (TPSA) is 55.8 Å². The van der Waals surface area contributed by atoms with Crippen LogP contribution in [0.15, 0.2) is 41.1 Å². The van der Waals surface area contributed by atoms with Crippen LogP contribution in [0.5, 0.6) is 5.75 Å². The number of rotatable bonds is 4. The van der Waals surface area contributed by atoms with Crippen LogP contribution in [-0.4, -0.2) is 37.0 Å². The zero-order chi connectivity index (χ0) is 18.7. The van der Waals surface area contributed by atoms with Crippen LogP contribution in [0.25, 0.3) is 6.08 Å². The third kappa shape index (κ3) is 3.39. The second kappa shape index (κ2) is 7.77. The summed E-state index contributed by atoms with van der Waals surface area (Å²) in [7, 11) is 2.95. The summed E-state index contributed by atoms with van der Waals surface area (Å²) in [6.07, 6.45) is 7.14. The number of methoxy groups -OCH3 is 2.